The van der Waals surface area contributed by atoms with Crippen molar-refractivity contribution >= 4 is 21.9 Å². The molecule has 0 aromatic heterocycles. The molecule has 1 aliphatic heterocycles. The minimum Gasteiger partial charge on any atom is -0.360 e. The van der Waals surface area contributed by atoms with E-state index in [9.17, 15) is 8.42 Å². The topological polar surface area (TPSA) is 84.6 Å². The van der Waals surface area contributed by atoms with Gasteiger partial charge in [-0.15, -0.1) is 0 Å². The van der Waals surface area contributed by atoms with E-state index in [2.05, 4.69) is 10.3 Å². The Bertz CT molecular complexity index is 928. The molecule has 0 aliphatic carbocycles. The Morgan fingerprint density at radius 3 is 2.57 bits per heavy atom. The molecule has 0 unspecified atom stereocenters. The molecular weight excluding hydrogens is 310 g/mol. The molecule has 0 amide bonds. The van der Waals surface area contributed by atoms with Crippen LogP contribution in [-0.2, 0) is 10.0 Å². The second kappa shape index (κ2) is 6.20. The molecule has 116 valence electrons. The third-order valence-corrected chi connectivity index (χ3v) is 4.31. The fourth-order valence-corrected chi connectivity index (χ4v) is 2.90. The van der Waals surface area contributed by atoms with E-state index in [-0.39, 0.29) is 4.90 Å². The second-order valence-corrected chi connectivity index (χ2v) is 6.52. The summed E-state index contributed by atoms with van der Waals surface area (Å²) in [4.78, 5) is 4.26. The van der Waals surface area contributed by atoms with Crippen molar-refractivity contribution in [3.63, 3.8) is 0 Å². The molecule has 2 aromatic rings. The highest BCUT2D eigenvalue weighted by Gasteiger charge is 2.12. The van der Waals surface area contributed by atoms with Crippen molar-refractivity contribution in [2.75, 3.05) is 0 Å². The summed E-state index contributed by atoms with van der Waals surface area (Å²) in [5.41, 5.74) is 3.41. The molecule has 0 bridgehead atoms. The van der Waals surface area contributed by atoms with Crippen molar-refractivity contribution in [3.05, 3.63) is 72.6 Å². The maximum atomic E-state index is 11.6. The van der Waals surface area contributed by atoms with Crippen molar-refractivity contribution < 1.29 is 8.42 Å². The van der Waals surface area contributed by atoms with Crippen molar-refractivity contribution in [1.82, 2.24) is 5.32 Å². The van der Waals surface area contributed by atoms with Gasteiger partial charge in [-0.2, -0.15) is 0 Å². The Kier molecular flexibility index (Phi) is 4.10. The highest BCUT2D eigenvalue weighted by Crippen LogP contribution is 2.29. The van der Waals surface area contributed by atoms with E-state index in [0.29, 0.717) is 0 Å². The van der Waals surface area contributed by atoms with Gasteiger partial charge in [0.2, 0.25) is 10.0 Å². The lowest BCUT2D eigenvalue weighted by Crippen LogP contribution is -2.12. The van der Waals surface area contributed by atoms with Crippen LogP contribution in [-0.4, -0.2) is 14.6 Å². The molecule has 0 atom stereocenters. The zero-order valence-electron chi connectivity index (χ0n) is 12.2. The minimum absolute atomic E-state index is 0.0884. The van der Waals surface area contributed by atoms with Gasteiger partial charge in [0.25, 0.3) is 0 Å². The normalized spacial score (nSPS) is 14.0. The molecule has 3 N–H and O–H groups in total. The summed E-state index contributed by atoms with van der Waals surface area (Å²) in [6, 6.07) is 14.3. The number of nitrogens with one attached hydrogen (secondary N) is 1. The number of primary sulfonamides is 1. The maximum Gasteiger partial charge on any atom is 0.238 e. The Balaban J connectivity index is 2.13. The summed E-state index contributed by atoms with van der Waals surface area (Å²) in [5, 5.41) is 8.39. The van der Waals surface area contributed by atoms with Crippen LogP contribution in [0, 0.1) is 0 Å². The second-order valence-electron chi connectivity index (χ2n) is 4.96. The van der Waals surface area contributed by atoms with Crippen LogP contribution in [0.25, 0.3) is 16.8 Å². The van der Waals surface area contributed by atoms with Crippen molar-refractivity contribution in [1.29, 1.82) is 0 Å². The molecule has 3 rings (SSSR count). The third kappa shape index (κ3) is 3.39. The van der Waals surface area contributed by atoms with E-state index in [1.165, 1.54) is 6.07 Å². The lowest BCUT2D eigenvalue weighted by atomic mass is 9.98. The molecule has 0 spiro atoms. The monoisotopic (exact) mass is 325 g/mol. The summed E-state index contributed by atoms with van der Waals surface area (Å²) in [6.45, 7) is 0. The fraction of sp³-hybridized carbons (Fsp3) is 0. The minimum atomic E-state index is -3.74. The van der Waals surface area contributed by atoms with E-state index in [4.69, 9.17) is 5.14 Å². The van der Waals surface area contributed by atoms with Crippen LogP contribution in [0.5, 0.6) is 0 Å². The average molecular weight is 325 g/mol. The van der Waals surface area contributed by atoms with Gasteiger partial charge < -0.3 is 5.32 Å². The van der Waals surface area contributed by atoms with Crippen LogP contribution in [0.2, 0.25) is 0 Å². The molecular formula is C17H15N3O2S. The van der Waals surface area contributed by atoms with Gasteiger partial charge in [-0.1, -0.05) is 36.4 Å². The summed E-state index contributed by atoms with van der Waals surface area (Å²) in [5.74, 6) is 0. The quantitative estimate of drug-likeness (QED) is 0.909. The first-order valence-electron chi connectivity index (χ1n) is 6.93. The number of nitrogens with two attached hydrogens (primary N) is 1. The Morgan fingerprint density at radius 2 is 1.78 bits per heavy atom. The van der Waals surface area contributed by atoms with Crippen molar-refractivity contribution in [3.8, 4) is 11.1 Å². The molecule has 0 fully saturated rings. The van der Waals surface area contributed by atoms with E-state index in [1.807, 2.05) is 30.3 Å². The van der Waals surface area contributed by atoms with Gasteiger partial charge in [-0.25, -0.2) is 13.6 Å². The summed E-state index contributed by atoms with van der Waals surface area (Å²) >= 11 is 0. The molecule has 0 radical (unpaired) electrons. The first-order chi connectivity index (χ1) is 11.1. The van der Waals surface area contributed by atoms with E-state index >= 15 is 0 Å². The Morgan fingerprint density at radius 1 is 1.00 bits per heavy atom. The smallest absolute Gasteiger partial charge is 0.238 e. The summed E-state index contributed by atoms with van der Waals surface area (Å²) in [6.07, 6.45) is 7.00. The number of nitrogens with zero attached hydrogens (tertiary/aromatic N) is 1. The van der Waals surface area contributed by atoms with Gasteiger partial charge in [0.15, 0.2) is 0 Å². The zero-order valence-corrected chi connectivity index (χ0v) is 13.0. The molecule has 2 aromatic carbocycles. The first kappa shape index (κ1) is 15.2. The number of aliphatic imine (C=N–C) groups is 1. The summed E-state index contributed by atoms with van der Waals surface area (Å²) < 4.78 is 23.1. The molecule has 0 saturated carbocycles. The van der Waals surface area contributed by atoms with E-state index in [0.717, 1.165) is 22.4 Å². The molecule has 0 saturated heterocycles. The third-order valence-electron chi connectivity index (χ3n) is 3.40. The first-order valence-corrected chi connectivity index (χ1v) is 8.48. The molecule has 1 aliphatic rings. The van der Waals surface area contributed by atoms with Gasteiger partial charge >= 0.3 is 0 Å². The van der Waals surface area contributed by atoms with Gasteiger partial charge in [0, 0.05) is 18.0 Å². The number of hydrogen-bond donors (Lipinski definition) is 2. The SMILES string of the molecule is NS(=O)(=O)c1cccc(-c2ccccc2C2=CN=CC=CN2)c1. The lowest BCUT2D eigenvalue weighted by Gasteiger charge is -2.13. The zero-order chi connectivity index (χ0) is 16.3. The Labute approximate surface area is 134 Å². The molecule has 23 heavy (non-hydrogen) atoms. The highest BCUT2D eigenvalue weighted by atomic mass is 32.2. The maximum absolute atomic E-state index is 11.6. The van der Waals surface area contributed by atoms with Gasteiger partial charge in [0.05, 0.1) is 16.8 Å². The summed E-state index contributed by atoms with van der Waals surface area (Å²) in [7, 11) is -3.74. The van der Waals surface area contributed by atoms with Crippen LogP contribution in [0.3, 0.4) is 0 Å². The average Bonchev–Trinajstić information content (AvgIpc) is 2.83. The standard InChI is InChI=1S/C17H15N3O2S/c18-23(21,22)14-6-3-5-13(11-14)15-7-1-2-8-16(15)17-12-19-9-4-10-20-17/h1-12,20H,(H2,18,21,22). The Hall–Kier alpha value is -2.70. The largest absolute Gasteiger partial charge is 0.360 e. The van der Waals surface area contributed by atoms with Crippen LogP contribution in [0.15, 0.2) is 76.9 Å². The lowest BCUT2D eigenvalue weighted by molar-refractivity contribution is 0.598. The van der Waals surface area contributed by atoms with Crippen LogP contribution in [0.1, 0.15) is 5.56 Å². The van der Waals surface area contributed by atoms with Gasteiger partial charge in [-0.05, 0) is 29.3 Å². The molecule has 5 nitrogen and oxygen atoms in total. The van der Waals surface area contributed by atoms with Crippen molar-refractivity contribution in [2.45, 2.75) is 4.90 Å². The number of sulfonamides is 1. The predicted octanol–water partition coefficient (Wildman–Crippen LogP) is 2.49. The molecule has 1 heterocycles. The highest BCUT2D eigenvalue weighted by molar-refractivity contribution is 7.89. The number of allylic oxidation sites excluding steroid dienone is 1. The fourth-order valence-electron chi connectivity index (χ4n) is 2.34. The van der Waals surface area contributed by atoms with Crippen LogP contribution in [0.4, 0.5) is 0 Å². The number of hydrogen-bond acceptors (Lipinski definition) is 4. The van der Waals surface area contributed by atoms with Crippen LogP contribution >= 0.6 is 0 Å². The number of benzene rings is 2. The van der Waals surface area contributed by atoms with E-state index < -0.39 is 10.0 Å². The van der Waals surface area contributed by atoms with Crippen molar-refractivity contribution in [2.24, 2.45) is 10.1 Å². The number of rotatable bonds is 3. The van der Waals surface area contributed by atoms with Crippen LogP contribution < -0.4 is 10.5 Å². The van der Waals surface area contributed by atoms with E-state index in [1.54, 1.807) is 36.8 Å². The predicted molar refractivity (Wildman–Crippen MR) is 92.0 cm³/mol. The van der Waals surface area contributed by atoms with Gasteiger partial charge in [0.1, 0.15) is 0 Å². The van der Waals surface area contributed by atoms with Gasteiger partial charge in [-0.3, -0.25) is 4.99 Å². The molecule has 6 heteroatoms.